The summed E-state index contributed by atoms with van der Waals surface area (Å²) in [5, 5.41) is 0. The summed E-state index contributed by atoms with van der Waals surface area (Å²) in [6.07, 6.45) is 2.60. The van der Waals surface area contributed by atoms with Gasteiger partial charge in [0.15, 0.2) is 0 Å². The summed E-state index contributed by atoms with van der Waals surface area (Å²) in [7, 11) is 0. The normalized spacial score (nSPS) is 14.1. The first kappa shape index (κ1) is 15.9. The second-order valence-corrected chi connectivity index (χ2v) is 6.01. The highest BCUT2D eigenvalue weighted by atomic mass is 15.1. The molecule has 0 fully saturated rings. The lowest BCUT2D eigenvalue weighted by Gasteiger charge is -2.26. The molecule has 0 aliphatic heterocycles. The van der Waals surface area contributed by atoms with E-state index in [1.165, 1.54) is 25.9 Å². The molecule has 0 radical (unpaired) electrons. The van der Waals surface area contributed by atoms with Crippen molar-refractivity contribution >= 4 is 0 Å². The van der Waals surface area contributed by atoms with Gasteiger partial charge < -0.3 is 10.6 Å². The fourth-order valence-electron chi connectivity index (χ4n) is 1.69. The van der Waals surface area contributed by atoms with Crippen LogP contribution >= 0.6 is 0 Å². The standard InChI is InChI=1S/C14H32N2/c1-12(2)6-8-16(9-7-13(3)4)11-14(5)10-15/h12-14H,6-11,15H2,1-5H3. The molecule has 0 spiro atoms. The van der Waals surface area contributed by atoms with Crippen molar-refractivity contribution in [3.63, 3.8) is 0 Å². The first-order valence-corrected chi connectivity index (χ1v) is 6.88. The summed E-state index contributed by atoms with van der Waals surface area (Å²) in [4.78, 5) is 2.59. The molecular weight excluding hydrogens is 196 g/mol. The van der Waals surface area contributed by atoms with Gasteiger partial charge in [-0.3, -0.25) is 0 Å². The van der Waals surface area contributed by atoms with Crippen LogP contribution in [0.25, 0.3) is 0 Å². The lowest BCUT2D eigenvalue weighted by atomic mass is 10.1. The minimum absolute atomic E-state index is 0.624. The second kappa shape index (κ2) is 9.00. The molecule has 0 aromatic heterocycles. The Morgan fingerprint density at radius 3 is 1.62 bits per heavy atom. The van der Waals surface area contributed by atoms with Gasteiger partial charge in [0, 0.05) is 6.54 Å². The largest absolute Gasteiger partial charge is 0.330 e. The molecule has 0 heterocycles. The lowest BCUT2D eigenvalue weighted by molar-refractivity contribution is 0.216. The van der Waals surface area contributed by atoms with E-state index >= 15 is 0 Å². The van der Waals surface area contributed by atoms with Crippen LogP contribution in [0, 0.1) is 17.8 Å². The molecule has 2 heteroatoms. The van der Waals surface area contributed by atoms with E-state index in [1.54, 1.807) is 0 Å². The summed E-state index contributed by atoms with van der Waals surface area (Å²) in [5.74, 6) is 2.23. The number of rotatable bonds is 9. The Bertz CT molecular complexity index is 143. The smallest absolute Gasteiger partial charge is 0.00191 e. The van der Waals surface area contributed by atoms with Gasteiger partial charge >= 0.3 is 0 Å². The maximum absolute atomic E-state index is 5.71. The molecule has 98 valence electrons. The van der Waals surface area contributed by atoms with Gasteiger partial charge in [0.2, 0.25) is 0 Å². The van der Waals surface area contributed by atoms with Gasteiger partial charge in [-0.05, 0) is 50.2 Å². The molecule has 0 aliphatic carbocycles. The van der Waals surface area contributed by atoms with E-state index in [1.807, 2.05) is 0 Å². The first-order valence-electron chi connectivity index (χ1n) is 6.88. The van der Waals surface area contributed by atoms with Crippen LogP contribution in [0.3, 0.4) is 0 Å². The quantitative estimate of drug-likeness (QED) is 0.657. The third kappa shape index (κ3) is 9.17. The highest BCUT2D eigenvalue weighted by Crippen LogP contribution is 2.08. The summed E-state index contributed by atoms with van der Waals surface area (Å²) in [6.45, 7) is 15.9. The summed E-state index contributed by atoms with van der Waals surface area (Å²) < 4.78 is 0. The van der Waals surface area contributed by atoms with Crippen LogP contribution in [0.2, 0.25) is 0 Å². The number of nitrogens with zero attached hydrogens (tertiary/aromatic N) is 1. The van der Waals surface area contributed by atoms with E-state index in [0.29, 0.717) is 5.92 Å². The maximum atomic E-state index is 5.71. The summed E-state index contributed by atoms with van der Waals surface area (Å²) in [6, 6.07) is 0. The van der Waals surface area contributed by atoms with Crippen molar-refractivity contribution in [2.75, 3.05) is 26.2 Å². The van der Waals surface area contributed by atoms with Crippen LogP contribution < -0.4 is 5.73 Å². The average molecular weight is 228 g/mol. The van der Waals surface area contributed by atoms with Gasteiger partial charge in [0.1, 0.15) is 0 Å². The van der Waals surface area contributed by atoms with E-state index in [2.05, 4.69) is 39.5 Å². The minimum atomic E-state index is 0.624. The number of hydrogen-bond acceptors (Lipinski definition) is 2. The molecule has 0 aliphatic rings. The molecule has 0 aromatic carbocycles. The molecule has 1 atom stereocenters. The molecule has 0 aromatic rings. The lowest BCUT2D eigenvalue weighted by Crippen LogP contribution is -2.34. The molecule has 1 unspecified atom stereocenters. The van der Waals surface area contributed by atoms with Crippen LogP contribution in [0.5, 0.6) is 0 Å². The van der Waals surface area contributed by atoms with E-state index in [9.17, 15) is 0 Å². The number of nitrogens with two attached hydrogens (primary N) is 1. The molecule has 0 saturated heterocycles. The fraction of sp³-hybridized carbons (Fsp3) is 1.00. The molecule has 0 bridgehead atoms. The Balaban J connectivity index is 3.94. The molecule has 2 nitrogen and oxygen atoms in total. The van der Waals surface area contributed by atoms with E-state index in [4.69, 9.17) is 5.73 Å². The van der Waals surface area contributed by atoms with Gasteiger partial charge in [-0.1, -0.05) is 34.6 Å². The molecule has 0 saturated carbocycles. The van der Waals surface area contributed by atoms with Gasteiger partial charge in [0.25, 0.3) is 0 Å². The Hall–Kier alpha value is -0.0800. The van der Waals surface area contributed by atoms with Crippen LogP contribution in [-0.2, 0) is 0 Å². The fourth-order valence-corrected chi connectivity index (χ4v) is 1.69. The van der Waals surface area contributed by atoms with Crippen LogP contribution in [-0.4, -0.2) is 31.1 Å². The minimum Gasteiger partial charge on any atom is -0.330 e. The van der Waals surface area contributed by atoms with Crippen molar-refractivity contribution in [2.45, 2.75) is 47.5 Å². The van der Waals surface area contributed by atoms with Crippen molar-refractivity contribution in [3.05, 3.63) is 0 Å². The van der Waals surface area contributed by atoms with E-state index < -0.39 is 0 Å². The van der Waals surface area contributed by atoms with Crippen molar-refractivity contribution in [3.8, 4) is 0 Å². The van der Waals surface area contributed by atoms with E-state index in [0.717, 1.165) is 24.9 Å². The van der Waals surface area contributed by atoms with Crippen molar-refractivity contribution in [1.82, 2.24) is 4.90 Å². The predicted octanol–water partition coefficient (Wildman–Crippen LogP) is 2.98. The van der Waals surface area contributed by atoms with Gasteiger partial charge in [-0.25, -0.2) is 0 Å². The van der Waals surface area contributed by atoms with Crippen LogP contribution in [0.1, 0.15) is 47.5 Å². The van der Waals surface area contributed by atoms with Crippen molar-refractivity contribution < 1.29 is 0 Å². The maximum Gasteiger partial charge on any atom is 0.00191 e. The third-order valence-electron chi connectivity index (χ3n) is 3.02. The van der Waals surface area contributed by atoms with Crippen molar-refractivity contribution in [1.29, 1.82) is 0 Å². The summed E-state index contributed by atoms with van der Waals surface area (Å²) >= 11 is 0. The molecule has 0 rings (SSSR count). The monoisotopic (exact) mass is 228 g/mol. The SMILES string of the molecule is CC(C)CCN(CCC(C)C)CC(C)CN. The topological polar surface area (TPSA) is 29.3 Å². The zero-order chi connectivity index (χ0) is 12.6. The second-order valence-electron chi connectivity index (χ2n) is 6.01. The highest BCUT2D eigenvalue weighted by Gasteiger charge is 2.10. The predicted molar refractivity (Wildman–Crippen MR) is 73.6 cm³/mol. The Labute approximate surface area is 103 Å². The third-order valence-corrected chi connectivity index (χ3v) is 3.02. The molecule has 2 N–H and O–H groups in total. The highest BCUT2D eigenvalue weighted by molar-refractivity contribution is 4.65. The first-order chi connectivity index (χ1) is 7.45. The molecular formula is C14H32N2. The number of hydrogen-bond donors (Lipinski definition) is 1. The van der Waals surface area contributed by atoms with E-state index in [-0.39, 0.29) is 0 Å². The molecule has 16 heavy (non-hydrogen) atoms. The average Bonchev–Trinajstić information content (AvgIpc) is 2.21. The van der Waals surface area contributed by atoms with Gasteiger partial charge in [0.05, 0.1) is 0 Å². The van der Waals surface area contributed by atoms with Crippen LogP contribution in [0.15, 0.2) is 0 Å². The van der Waals surface area contributed by atoms with Gasteiger partial charge in [-0.15, -0.1) is 0 Å². The Morgan fingerprint density at radius 2 is 1.31 bits per heavy atom. The Morgan fingerprint density at radius 1 is 0.875 bits per heavy atom. The van der Waals surface area contributed by atoms with Crippen LogP contribution in [0.4, 0.5) is 0 Å². The molecule has 0 amide bonds. The summed E-state index contributed by atoms with van der Waals surface area (Å²) in [5.41, 5.74) is 5.71. The van der Waals surface area contributed by atoms with Crippen molar-refractivity contribution in [2.24, 2.45) is 23.5 Å². The zero-order valence-corrected chi connectivity index (χ0v) is 12.0. The van der Waals surface area contributed by atoms with Gasteiger partial charge in [-0.2, -0.15) is 0 Å². The Kier molecular flexibility index (Phi) is 8.96. The zero-order valence-electron chi connectivity index (χ0n) is 12.0.